The summed E-state index contributed by atoms with van der Waals surface area (Å²) in [6.45, 7) is 2.12. The summed E-state index contributed by atoms with van der Waals surface area (Å²) in [5.74, 6) is 0.997. The van der Waals surface area contributed by atoms with Crippen LogP contribution in [0.5, 0.6) is 11.5 Å². The van der Waals surface area contributed by atoms with Crippen LogP contribution in [0.3, 0.4) is 0 Å². The molecule has 0 aliphatic heterocycles. The number of ether oxygens (including phenoxy) is 2. The number of benzene rings is 3. The maximum atomic E-state index is 12.8. The lowest BCUT2D eigenvalue weighted by Gasteiger charge is -2.21. The van der Waals surface area contributed by atoms with E-state index in [1.807, 2.05) is 49.4 Å². The van der Waals surface area contributed by atoms with Gasteiger partial charge < -0.3 is 25.0 Å². The molecule has 0 radical (unpaired) electrons. The van der Waals surface area contributed by atoms with Gasteiger partial charge in [0.2, 0.25) is 5.91 Å². The van der Waals surface area contributed by atoms with E-state index in [0.717, 1.165) is 26.5 Å². The van der Waals surface area contributed by atoms with Crippen LogP contribution in [0.25, 0.3) is 10.2 Å². The number of thiazole rings is 1. The lowest BCUT2D eigenvalue weighted by atomic mass is 10.2. The van der Waals surface area contributed by atoms with E-state index < -0.39 is 6.03 Å². The first-order chi connectivity index (χ1) is 18.3. The molecule has 0 bridgehead atoms. The van der Waals surface area contributed by atoms with Crippen LogP contribution in [0.4, 0.5) is 10.5 Å². The number of hydrogen-bond acceptors (Lipinski definition) is 6. The minimum atomic E-state index is -0.467. The highest BCUT2D eigenvalue weighted by molar-refractivity contribution is 7.18. The molecule has 3 aromatic carbocycles. The average Bonchev–Trinajstić information content (AvgIpc) is 3.31. The van der Waals surface area contributed by atoms with Gasteiger partial charge in [-0.2, -0.15) is 0 Å². The molecule has 0 atom stereocenters. The Kier molecular flexibility index (Phi) is 8.93. The molecule has 0 fully saturated rings. The van der Waals surface area contributed by atoms with Crippen molar-refractivity contribution in [2.24, 2.45) is 0 Å². The lowest BCUT2D eigenvalue weighted by molar-refractivity contribution is -0.117. The van der Waals surface area contributed by atoms with Gasteiger partial charge in [0, 0.05) is 24.2 Å². The fourth-order valence-electron chi connectivity index (χ4n) is 3.67. The number of carbonyl (C=O) groups excluding carboxylic acids is 2. The van der Waals surface area contributed by atoms with E-state index in [4.69, 9.17) is 32.7 Å². The van der Waals surface area contributed by atoms with Gasteiger partial charge >= 0.3 is 6.03 Å². The Morgan fingerprint density at radius 1 is 1.05 bits per heavy atom. The van der Waals surface area contributed by atoms with Crippen LogP contribution < -0.4 is 25.0 Å². The van der Waals surface area contributed by atoms with Gasteiger partial charge in [-0.15, -0.1) is 11.3 Å². The van der Waals surface area contributed by atoms with Crippen molar-refractivity contribution in [1.82, 2.24) is 15.6 Å². The topological polar surface area (TPSA) is 92.8 Å². The van der Waals surface area contributed by atoms with Crippen molar-refractivity contribution in [3.05, 3.63) is 80.8 Å². The summed E-state index contributed by atoms with van der Waals surface area (Å²) >= 11 is 14.7. The predicted octanol–water partition coefficient (Wildman–Crippen LogP) is 5.96. The van der Waals surface area contributed by atoms with E-state index in [0.29, 0.717) is 33.6 Å². The Hall–Kier alpha value is -3.53. The third kappa shape index (κ3) is 6.48. The van der Waals surface area contributed by atoms with Crippen LogP contribution >= 0.6 is 34.5 Å². The number of aromatic nitrogens is 1. The molecular formula is C27H26Cl2N4O4S. The number of urea groups is 1. The Labute approximate surface area is 234 Å². The minimum absolute atomic E-state index is 0.0925. The normalized spacial score (nSPS) is 10.8. The fourth-order valence-corrected chi connectivity index (χ4v) is 5.13. The molecule has 8 nitrogen and oxygen atoms in total. The highest BCUT2D eigenvalue weighted by Crippen LogP contribution is 2.36. The zero-order chi connectivity index (χ0) is 27.2. The number of likely N-dealkylation sites (N-methyl/N-ethyl adjacent to an activating group) is 1. The molecule has 198 valence electrons. The average molecular weight is 574 g/mol. The van der Waals surface area contributed by atoms with E-state index in [1.165, 1.54) is 4.90 Å². The van der Waals surface area contributed by atoms with Crippen LogP contribution in [0.15, 0.2) is 54.6 Å². The molecule has 11 heteroatoms. The molecule has 4 rings (SSSR count). The molecule has 3 amide bonds. The molecule has 0 aliphatic carbocycles. The fraction of sp³-hybridized carbons (Fsp3) is 0.222. The van der Waals surface area contributed by atoms with E-state index in [-0.39, 0.29) is 19.1 Å². The number of para-hydroxylation sites is 1. The van der Waals surface area contributed by atoms with E-state index >= 15 is 0 Å². The van der Waals surface area contributed by atoms with Crippen molar-refractivity contribution in [2.75, 3.05) is 25.6 Å². The summed E-state index contributed by atoms with van der Waals surface area (Å²) in [4.78, 5) is 30.9. The zero-order valence-corrected chi connectivity index (χ0v) is 23.3. The van der Waals surface area contributed by atoms with E-state index in [2.05, 4.69) is 15.6 Å². The molecule has 0 aliphatic rings. The maximum absolute atomic E-state index is 12.8. The smallest absolute Gasteiger partial charge is 0.315 e. The summed E-state index contributed by atoms with van der Waals surface area (Å²) in [6.07, 6.45) is 0. The number of nitrogens with one attached hydrogen (secondary N) is 2. The molecule has 2 N–H and O–H groups in total. The van der Waals surface area contributed by atoms with Gasteiger partial charge in [-0.25, -0.2) is 9.78 Å². The van der Waals surface area contributed by atoms with Crippen LogP contribution in [-0.4, -0.2) is 37.6 Å². The van der Waals surface area contributed by atoms with Crippen molar-refractivity contribution >= 4 is 62.4 Å². The van der Waals surface area contributed by atoms with Crippen LogP contribution in [0.2, 0.25) is 10.0 Å². The molecular weight excluding hydrogens is 547 g/mol. The summed E-state index contributed by atoms with van der Waals surface area (Å²) in [5, 5.41) is 6.94. The Morgan fingerprint density at radius 3 is 2.55 bits per heavy atom. The standard InChI is InChI=1S/C27H26Cl2N4O4S/c1-16-32-26-22(5-4-6-23(26)38-16)37-15-19-20(28)11-12-21(25(19)29)33(2)24(34)14-31-27(35)30-13-17-7-9-18(36-3)10-8-17/h4-12H,13-15H2,1-3H3,(H2,30,31,35). The zero-order valence-electron chi connectivity index (χ0n) is 21.0. The number of halogens is 2. The first-order valence-electron chi connectivity index (χ1n) is 11.6. The first kappa shape index (κ1) is 27.5. The van der Waals surface area contributed by atoms with Crippen molar-refractivity contribution in [3.63, 3.8) is 0 Å². The second-order valence-corrected chi connectivity index (χ2v) is 10.3. The van der Waals surface area contributed by atoms with Gasteiger partial charge in [0.15, 0.2) is 0 Å². The summed E-state index contributed by atoms with van der Waals surface area (Å²) < 4.78 is 12.2. The van der Waals surface area contributed by atoms with Gasteiger partial charge in [0.05, 0.1) is 34.1 Å². The monoisotopic (exact) mass is 572 g/mol. The molecule has 0 unspecified atom stereocenters. The number of nitrogens with zero attached hydrogens (tertiary/aromatic N) is 2. The van der Waals surface area contributed by atoms with Gasteiger partial charge in [-0.3, -0.25) is 4.79 Å². The SMILES string of the molecule is COc1ccc(CNC(=O)NCC(=O)N(C)c2ccc(Cl)c(COc3cccc4sc(C)nc34)c2Cl)cc1. The lowest BCUT2D eigenvalue weighted by Crippen LogP contribution is -2.42. The second kappa shape index (κ2) is 12.3. The summed E-state index contributed by atoms with van der Waals surface area (Å²) in [6, 6.07) is 15.9. The van der Waals surface area contributed by atoms with Crippen LogP contribution in [-0.2, 0) is 17.9 Å². The highest BCUT2D eigenvalue weighted by Gasteiger charge is 2.19. The number of aryl methyl sites for hydroxylation is 1. The molecule has 38 heavy (non-hydrogen) atoms. The molecule has 0 saturated carbocycles. The summed E-state index contributed by atoms with van der Waals surface area (Å²) in [5.41, 5.74) is 2.66. The van der Waals surface area contributed by atoms with Crippen LogP contribution in [0, 0.1) is 6.92 Å². The van der Waals surface area contributed by atoms with Crippen LogP contribution in [0.1, 0.15) is 16.1 Å². The molecule has 1 heterocycles. The Balaban J connectivity index is 1.36. The Bertz CT molecular complexity index is 1460. The van der Waals surface area contributed by atoms with E-state index in [9.17, 15) is 9.59 Å². The quantitative estimate of drug-likeness (QED) is 0.258. The number of hydrogen-bond donors (Lipinski definition) is 2. The van der Waals surface area contributed by atoms with Crippen molar-refractivity contribution in [3.8, 4) is 11.5 Å². The number of rotatable bonds is 9. The summed E-state index contributed by atoms with van der Waals surface area (Å²) in [7, 11) is 3.17. The second-order valence-electron chi connectivity index (χ2n) is 8.32. The van der Waals surface area contributed by atoms with Gasteiger partial charge in [0.1, 0.15) is 23.6 Å². The van der Waals surface area contributed by atoms with E-state index in [1.54, 1.807) is 37.6 Å². The van der Waals surface area contributed by atoms with Gasteiger partial charge in [-0.05, 0) is 48.9 Å². The third-order valence-corrected chi connectivity index (χ3v) is 7.49. The highest BCUT2D eigenvalue weighted by atomic mass is 35.5. The molecule has 4 aromatic rings. The van der Waals surface area contributed by atoms with Crippen molar-refractivity contribution in [1.29, 1.82) is 0 Å². The number of carbonyl (C=O) groups is 2. The largest absolute Gasteiger partial charge is 0.497 e. The number of amides is 3. The minimum Gasteiger partial charge on any atom is -0.497 e. The molecule has 0 spiro atoms. The number of methoxy groups -OCH3 is 1. The third-order valence-electron chi connectivity index (χ3n) is 5.77. The van der Waals surface area contributed by atoms with Crippen molar-refractivity contribution < 1.29 is 19.1 Å². The van der Waals surface area contributed by atoms with Crippen molar-refractivity contribution in [2.45, 2.75) is 20.1 Å². The van der Waals surface area contributed by atoms with Gasteiger partial charge in [0.25, 0.3) is 0 Å². The number of anilines is 1. The van der Waals surface area contributed by atoms with Gasteiger partial charge in [-0.1, -0.05) is 41.4 Å². The predicted molar refractivity (Wildman–Crippen MR) is 152 cm³/mol. The molecule has 0 saturated heterocycles. The number of fused-ring (bicyclic) bond motifs is 1. The Morgan fingerprint density at radius 2 is 1.82 bits per heavy atom. The molecule has 1 aromatic heterocycles. The first-order valence-corrected chi connectivity index (χ1v) is 13.2. The maximum Gasteiger partial charge on any atom is 0.315 e.